The molecule has 0 unspecified atom stereocenters. The van der Waals surface area contributed by atoms with Gasteiger partial charge >= 0.3 is 0 Å². The minimum absolute atomic E-state index is 0.528. The molecule has 0 N–H and O–H groups in total. The second-order valence-electron chi connectivity index (χ2n) is 8.62. The zero-order chi connectivity index (χ0) is 18.3. The van der Waals surface area contributed by atoms with Crippen LogP contribution < -0.4 is 0 Å². The van der Waals surface area contributed by atoms with E-state index >= 15 is 0 Å². The Labute approximate surface area is 154 Å². The summed E-state index contributed by atoms with van der Waals surface area (Å²) >= 11 is 0. The van der Waals surface area contributed by atoms with Gasteiger partial charge in [0.15, 0.2) is 0 Å². The van der Waals surface area contributed by atoms with Gasteiger partial charge in [-0.1, -0.05) is 83.5 Å². The summed E-state index contributed by atoms with van der Waals surface area (Å²) in [5, 5.41) is 0. The van der Waals surface area contributed by atoms with E-state index in [1.54, 1.807) is 0 Å². The molecule has 0 bridgehead atoms. The lowest BCUT2D eigenvalue weighted by atomic mass is 9.84. The van der Waals surface area contributed by atoms with Gasteiger partial charge in [-0.05, 0) is 70.0 Å². The number of rotatable bonds is 4. The van der Waals surface area contributed by atoms with E-state index in [-0.39, 0.29) is 0 Å². The standard InChI is InChI=1S/C25H32/c1-15(2)20-12-21(16(3)4)14-22(13-20)25-23(17(5)6)9-8-19-10-18(7)11-24(19)25/h8-9,11-17H,10H2,1-7H3. The number of allylic oxidation sites excluding steroid dienone is 1. The first-order chi connectivity index (χ1) is 11.8. The van der Waals surface area contributed by atoms with Crippen molar-refractivity contribution in [2.45, 2.75) is 72.6 Å². The summed E-state index contributed by atoms with van der Waals surface area (Å²) in [4.78, 5) is 0. The molecule has 2 aromatic rings. The predicted molar refractivity (Wildman–Crippen MR) is 112 cm³/mol. The summed E-state index contributed by atoms with van der Waals surface area (Å²) in [5.74, 6) is 1.63. The molecule has 0 heterocycles. The Morgan fingerprint density at radius 1 is 0.760 bits per heavy atom. The van der Waals surface area contributed by atoms with Crippen LogP contribution in [0.15, 0.2) is 35.9 Å². The zero-order valence-electron chi connectivity index (χ0n) is 16.9. The van der Waals surface area contributed by atoms with Gasteiger partial charge in [0.25, 0.3) is 0 Å². The average Bonchev–Trinajstić information content (AvgIpc) is 2.93. The van der Waals surface area contributed by atoms with E-state index in [9.17, 15) is 0 Å². The minimum atomic E-state index is 0.528. The second-order valence-corrected chi connectivity index (χ2v) is 8.62. The largest absolute Gasteiger partial charge is 0.0683 e. The third-order valence-corrected chi connectivity index (χ3v) is 5.45. The first-order valence-electron chi connectivity index (χ1n) is 9.76. The van der Waals surface area contributed by atoms with Crippen molar-refractivity contribution < 1.29 is 0 Å². The molecule has 132 valence electrons. The van der Waals surface area contributed by atoms with Crippen molar-refractivity contribution in [3.8, 4) is 11.1 Å². The first-order valence-corrected chi connectivity index (χ1v) is 9.76. The van der Waals surface area contributed by atoms with Crippen LogP contribution in [0.25, 0.3) is 17.2 Å². The lowest BCUT2D eigenvalue weighted by Crippen LogP contribution is -2.00. The van der Waals surface area contributed by atoms with Crippen molar-refractivity contribution in [3.63, 3.8) is 0 Å². The van der Waals surface area contributed by atoms with Gasteiger partial charge in [-0.2, -0.15) is 0 Å². The SMILES string of the molecule is CC1=Cc2c(ccc(C(C)C)c2-c2cc(C(C)C)cc(C(C)C)c2)C1. The summed E-state index contributed by atoms with van der Waals surface area (Å²) < 4.78 is 0. The normalized spacial score (nSPS) is 13.8. The van der Waals surface area contributed by atoms with Crippen molar-refractivity contribution in [3.05, 3.63) is 63.7 Å². The molecule has 1 aliphatic rings. The van der Waals surface area contributed by atoms with Crippen molar-refractivity contribution in [1.82, 2.24) is 0 Å². The van der Waals surface area contributed by atoms with Crippen LogP contribution in [0.5, 0.6) is 0 Å². The Hall–Kier alpha value is -1.82. The summed E-state index contributed by atoms with van der Waals surface area (Å²) in [6.45, 7) is 16.1. The molecular formula is C25H32. The molecule has 25 heavy (non-hydrogen) atoms. The van der Waals surface area contributed by atoms with Crippen LogP contribution in [-0.4, -0.2) is 0 Å². The molecule has 0 radical (unpaired) electrons. The minimum Gasteiger partial charge on any atom is -0.0683 e. The summed E-state index contributed by atoms with van der Waals surface area (Å²) in [6, 6.07) is 12.0. The highest BCUT2D eigenvalue weighted by molar-refractivity contribution is 5.84. The van der Waals surface area contributed by atoms with E-state index < -0.39 is 0 Å². The van der Waals surface area contributed by atoms with Crippen LogP contribution >= 0.6 is 0 Å². The van der Waals surface area contributed by atoms with Crippen molar-refractivity contribution >= 4 is 6.08 Å². The van der Waals surface area contributed by atoms with Crippen LogP contribution in [0.1, 0.15) is 94.0 Å². The molecular weight excluding hydrogens is 300 g/mol. The van der Waals surface area contributed by atoms with E-state index in [1.165, 1.54) is 44.5 Å². The van der Waals surface area contributed by atoms with Gasteiger partial charge in [-0.25, -0.2) is 0 Å². The highest BCUT2D eigenvalue weighted by Crippen LogP contribution is 2.41. The molecule has 3 rings (SSSR count). The zero-order valence-corrected chi connectivity index (χ0v) is 16.9. The van der Waals surface area contributed by atoms with Gasteiger partial charge in [0.1, 0.15) is 0 Å². The Kier molecular flexibility index (Phi) is 4.91. The molecule has 0 aromatic heterocycles. The van der Waals surface area contributed by atoms with Crippen LogP contribution in [-0.2, 0) is 6.42 Å². The number of hydrogen-bond acceptors (Lipinski definition) is 0. The molecule has 0 amide bonds. The molecule has 0 nitrogen and oxygen atoms in total. The Morgan fingerprint density at radius 3 is 1.88 bits per heavy atom. The quantitative estimate of drug-likeness (QED) is 0.538. The fourth-order valence-electron chi connectivity index (χ4n) is 3.89. The number of benzene rings is 2. The maximum atomic E-state index is 2.43. The van der Waals surface area contributed by atoms with Crippen LogP contribution in [0.3, 0.4) is 0 Å². The number of hydrogen-bond donors (Lipinski definition) is 0. The van der Waals surface area contributed by atoms with Crippen molar-refractivity contribution in [2.75, 3.05) is 0 Å². The third-order valence-electron chi connectivity index (χ3n) is 5.45. The van der Waals surface area contributed by atoms with Gasteiger partial charge in [-0.15, -0.1) is 0 Å². The average molecular weight is 333 g/mol. The molecule has 0 heteroatoms. The Bertz CT molecular complexity index is 790. The maximum Gasteiger partial charge on any atom is -0.00604 e. The first kappa shape index (κ1) is 18.0. The predicted octanol–water partition coefficient (Wildman–Crippen LogP) is 7.68. The highest BCUT2D eigenvalue weighted by Gasteiger charge is 2.20. The molecule has 0 atom stereocenters. The highest BCUT2D eigenvalue weighted by atomic mass is 14.2. The maximum absolute atomic E-state index is 2.43. The van der Waals surface area contributed by atoms with Crippen molar-refractivity contribution in [1.29, 1.82) is 0 Å². The van der Waals surface area contributed by atoms with Crippen LogP contribution in [0.4, 0.5) is 0 Å². The second kappa shape index (κ2) is 6.83. The van der Waals surface area contributed by atoms with Gasteiger partial charge in [0.2, 0.25) is 0 Å². The molecule has 0 saturated heterocycles. The monoisotopic (exact) mass is 332 g/mol. The fraction of sp³-hybridized carbons (Fsp3) is 0.440. The third kappa shape index (κ3) is 3.45. The topological polar surface area (TPSA) is 0 Å². The van der Waals surface area contributed by atoms with Crippen LogP contribution in [0, 0.1) is 0 Å². The lowest BCUT2D eigenvalue weighted by Gasteiger charge is -2.20. The fourth-order valence-corrected chi connectivity index (χ4v) is 3.89. The van der Waals surface area contributed by atoms with E-state index in [0.29, 0.717) is 17.8 Å². The summed E-state index contributed by atoms with van der Waals surface area (Å²) in [5.41, 5.74) is 11.7. The van der Waals surface area contributed by atoms with E-state index in [1.807, 2.05) is 0 Å². The Morgan fingerprint density at radius 2 is 1.36 bits per heavy atom. The van der Waals surface area contributed by atoms with Gasteiger partial charge in [0.05, 0.1) is 0 Å². The molecule has 0 spiro atoms. The molecule has 0 fully saturated rings. The molecule has 1 aliphatic carbocycles. The molecule has 0 aliphatic heterocycles. The summed E-state index contributed by atoms with van der Waals surface area (Å²) in [6.07, 6.45) is 3.51. The lowest BCUT2D eigenvalue weighted by molar-refractivity contribution is 0.833. The van der Waals surface area contributed by atoms with E-state index in [0.717, 1.165) is 6.42 Å². The van der Waals surface area contributed by atoms with Crippen molar-refractivity contribution in [2.24, 2.45) is 0 Å². The molecule has 2 aromatic carbocycles. The summed E-state index contributed by atoms with van der Waals surface area (Å²) in [7, 11) is 0. The van der Waals surface area contributed by atoms with E-state index in [4.69, 9.17) is 0 Å². The van der Waals surface area contributed by atoms with Crippen LogP contribution in [0.2, 0.25) is 0 Å². The van der Waals surface area contributed by atoms with Gasteiger partial charge in [-0.3, -0.25) is 0 Å². The Balaban J connectivity index is 2.31. The van der Waals surface area contributed by atoms with Gasteiger partial charge < -0.3 is 0 Å². The molecule has 0 saturated carbocycles. The number of fused-ring (bicyclic) bond motifs is 1. The van der Waals surface area contributed by atoms with E-state index in [2.05, 4.69) is 84.9 Å². The van der Waals surface area contributed by atoms with Gasteiger partial charge in [0, 0.05) is 0 Å². The smallest absolute Gasteiger partial charge is 0.00604 e.